The molecule has 2 rings (SSSR count). The van der Waals surface area contributed by atoms with Crippen molar-refractivity contribution in [2.75, 3.05) is 12.9 Å². The van der Waals surface area contributed by atoms with E-state index in [1.54, 1.807) is 24.4 Å². The highest BCUT2D eigenvalue weighted by molar-refractivity contribution is 7.91. The summed E-state index contributed by atoms with van der Waals surface area (Å²) in [7, 11) is -2.36. The first kappa shape index (κ1) is 12.6. The van der Waals surface area contributed by atoms with E-state index in [0.29, 0.717) is 5.52 Å². The molecule has 0 N–H and O–H groups in total. The molecule has 0 bridgehead atoms. The number of rotatable bonds is 3. The second-order valence-electron chi connectivity index (χ2n) is 3.60. The first-order valence-corrected chi connectivity index (χ1v) is 6.95. The van der Waals surface area contributed by atoms with Crippen molar-refractivity contribution in [2.45, 2.75) is 11.8 Å². The molecule has 7 heteroatoms. The number of ether oxygens (including phenoxy) is 1. The number of hydrogen-bond donors (Lipinski definition) is 0. The van der Waals surface area contributed by atoms with Gasteiger partial charge in [-0.15, -0.1) is 0 Å². The molecule has 18 heavy (non-hydrogen) atoms. The maximum atomic E-state index is 12.1. The van der Waals surface area contributed by atoms with Crippen molar-refractivity contribution in [2.24, 2.45) is 0 Å². The van der Waals surface area contributed by atoms with Gasteiger partial charge >= 0.3 is 5.97 Å². The van der Waals surface area contributed by atoms with Crippen LogP contribution in [0.3, 0.4) is 0 Å². The Hall–Kier alpha value is -1.89. The van der Waals surface area contributed by atoms with Gasteiger partial charge in [0, 0.05) is 6.20 Å². The summed E-state index contributed by atoms with van der Waals surface area (Å²) in [4.78, 5) is 11.5. The summed E-state index contributed by atoms with van der Waals surface area (Å²) < 4.78 is 30.0. The van der Waals surface area contributed by atoms with E-state index in [0.717, 1.165) is 0 Å². The van der Waals surface area contributed by atoms with Crippen LogP contribution >= 0.6 is 0 Å². The van der Waals surface area contributed by atoms with Crippen molar-refractivity contribution in [3.8, 4) is 0 Å². The molecule has 2 heterocycles. The predicted octanol–water partition coefficient (Wildman–Crippen LogP) is 0.914. The van der Waals surface area contributed by atoms with E-state index in [1.807, 2.05) is 0 Å². The molecule has 0 aliphatic rings. The van der Waals surface area contributed by atoms with Gasteiger partial charge in [0.1, 0.15) is 4.90 Å². The Morgan fingerprint density at radius 2 is 2.17 bits per heavy atom. The van der Waals surface area contributed by atoms with Crippen molar-refractivity contribution >= 4 is 21.3 Å². The quantitative estimate of drug-likeness (QED) is 0.773. The Labute approximate surface area is 104 Å². The van der Waals surface area contributed by atoms with Crippen LogP contribution in [0.2, 0.25) is 0 Å². The number of sulfone groups is 1. The summed E-state index contributed by atoms with van der Waals surface area (Å²) in [6, 6.07) is 4.98. The molecule has 0 saturated carbocycles. The summed E-state index contributed by atoms with van der Waals surface area (Å²) in [5.41, 5.74) is 0.199. The van der Waals surface area contributed by atoms with Crippen LogP contribution in [0.25, 0.3) is 5.52 Å². The van der Waals surface area contributed by atoms with Gasteiger partial charge in [-0.05, 0) is 12.1 Å². The molecule has 0 amide bonds. The van der Waals surface area contributed by atoms with Crippen molar-refractivity contribution in [1.82, 2.24) is 9.61 Å². The normalized spacial score (nSPS) is 11.7. The third kappa shape index (κ3) is 1.86. The number of esters is 1. The SMILES string of the molecule is CCS(=O)(=O)c1c(C(=O)OC)nn2ccccc12. The number of methoxy groups -OCH3 is 1. The summed E-state index contributed by atoms with van der Waals surface area (Å²) in [6.07, 6.45) is 1.58. The smallest absolute Gasteiger partial charge is 0.359 e. The van der Waals surface area contributed by atoms with E-state index in [9.17, 15) is 13.2 Å². The van der Waals surface area contributed by atoms with Gasteiger partial charge in [-0.1, -0.05) is 13.0 Å². The van der Waals surface area contributed by atoms with E-state index in [1.165, 1.54) is 18.5 Å². The molecule has 96 valence electrons. The average Bonchev–Trinajstić information content (AvgIpc) is 2.77. The van der Waals surface area contributed by atoms with E-state index in [-0.39, 0.29) is 16.3 Å². The molecule has 0 radical (unpaired) electrons. The summed E-state index contributed by atoms with van der Waals surface area (Å²) in [5.74, 6) is -0.863. The van der Waals surface area contributed by atoms with Crippen LogP contribution in [-0.4, -0.2) is 36.9 Å². The van der Waals surface area contributed by atoms with E-state index in [4.69, 9.17) is 0 Å². The van der Waals surface area contributed by atoms with Crippen LogP contribution in [0.15, 0.2) is 29.3 Å². The Morgan fingerprint density at radius 3 is 2.78 bits per heavy atom. The average molecular weight is 268 g/mol. The van der Waals surface area contributed by atoms with E-state index < -0.39 is 15.8 Å². The van der Waals surface area contributed by atoms with Crippen molar-refractivity contribution in [3.05, 3.63) is 30.1 Å². The lowest BCUT2D eigenvalue weighted by Gasteiger charge is -2.01. The van der Waals surface area contributed by atoms with Crippen LogP contribution in [0.1, 0.15) is 17.4 Å². The minimum Gasteiger partial charge on any atom is -0.464 e. The van der Waals surface area contributed by atoms with Crippen LogP contribution in [0.4, 0.5) is 0 Å². The zero-order chi connectivity index (χ0) is 13.3. The van der Waals surface area contributed by atoms with Gasteiger partial charge in [-0.25, -0.2) is 17.7 Å². The monoisotopic (exact) mass is 268 g/mol. The maximum absolute atomic E-state index is 12.1. The Bertz CT molecular complexity index is 703. The fourth-order valence-electron chi connectivity index (χ4n) is 1.66. The lowest BCUT2D eigenvalue weighted by atomic mass is 10.3. The van der Waals surface area contributed by atoms with Crippen LogP contribution in [-0.2, 0) is 14.6 Å². The summed E-state index contributed by atoms with van der Waals surface area (Å²) >= 11 is 0. The van der Waals surface area contributed by atoms with Gasteiger partial charge in [0.05, 0.1) is 18.4 Å². The van der Waals surface area contributed by atoms with Gasteiger partial charge in [0.15, 0.2) is 15.5 Å². The van der Waals surface area contributed by atoms with Crippen LogP contribution < -0.4 is 0 Å². The second-order valence-corrected chi connectivity index (χ2v) is 5.82. The second kappa shape index (κ2) is 4.41. The molecule has 0 spiro atoms. The molecule has 0 unspecified atom stereocenters. The number of fused-ring (bicyclic) bond motifs is 1. The molecule has 6 nitrogen and oxygen atoms in total. The molecule has 2 aromatic heterocycles. The molecule has 0 aliphatic carbocycles. The van der Waals surface area contributed by atoms with Crippen LogP contribution in [0.5, 0.6) is 0 Å². The van der Waals surface area contributed by atoms with Crippen molar-refractivity contribution in [3.63, 3.8) is 0 Å². The third-order valence-corrected chi connectivity index (χ3v) is 4.35. The molecule has 0 fully saturated rings. The molecular formula is C11H12N2O4S. The Morgan fingerprint density at radius 1 is 1.44 bits per heavy atom. The zero-order valence-corrected chi connectivity index (χ0v) is 10.8. The molecule has 0 aliphatic heterocycles. The number of carbonyl (C=O) groups is 1. The first-order chi connectivity index (χ1) is 8.51. The fourth-order valence-corrected chi connectivity index (χ4v) is 2.84. The van der Waals surface area contributed by atoms with E-state index in [2.05, 4.69) is 9.84 Å². The highest BCUT2D eigenvalue weighted by atomic mass is 32.2. The van der Waals surface area contributed by atoms with Crippen molar-refractivity contribution in [1.29, 1.82) is 0 Å². The molecular weight excluding hydrogens is 256 g/mol. The largest absolute Gasteiger partial charge is 0.464 e. The molecule has 0 aromatic carbocycles. The number of carbonyl (C=O) groups excluding carboxylic acids is 1. The number of aromatic nitrogens is 2. The fraction of sp³-hybridized carbons (Fsp3) is 0.273. The van der Waals surface area contributed by atoms with Gasteiger partial charge in [0.25, 0.3) is 0 Å². The minimum atomic E-state index is -3.55. The topological polar surface area (TPSA) is 77.7 Å². The summed E-state index contributed by atoms with van der Waals surface area (Å²) in [6.45, 7) is 1.52. The van der Waals surface area contributed by atoms with Crippen molar-refractivity contribution < 1.29 is 17.9 Å². The Kier molecular flexibility index (Phi) is 3.08. The highest BCUT2D eigenvalue weighted by Gasteiger charge is 2.28. The number of nitrogens with zero attached hydrogens (tertiary/aromatic N) is 2. The van der Waals surface area contributed by atoms with Crippen LogP contribution in [0, 0.1) is 0 Å². The summed E-state index contributed by atoms with van der Waals surface area (Å²) in [5, 5.41) is 3.96. The molecule has 2 aromatic rings. The lowest BCUT2D eigenvalue weighted by molar-refractivity contribution is 0.0589. The third-order valence-electron chi connectivity index (χ3n) is 2.56. The standard InChI is InChI=1S/C11H12N2O4S/c1-3-18(15,16)10-8-6-4-5-7-13(8)12-9(10)11(14)17-2/h4-7H,3H2,1-2H3. The highest BCUT2D eigenvalue weighted by Crippen LogP contribution is 2.23. The Balaban J connectivity index is 2.86. The maximum Gasteiger partial charge on any atom is 0.359 e. The van der Waals surface area contributed by atoms with E-state index >= 15 is 0 Å². The van der Waals surface area contributed by atoms with Gasteiger partial charge < -0.3 is 4.74 Å². The number of pyridine rings is 1. The number of hydrogen-bond acceptors (Lipinski definition) is 5. The molecule has 0 saturated heterocycles. The van der Waals surface area contributed by atoms with Gasteiger partial charge in [0.2, 0.25) is 0 Å². The zero-order valence-electron chi connectivity index (χ0n) is 9.95. The molecule has 0 atom stereocenters. The lowest BCUT2D eigenvalue weighted by Crippen LogP contribution is -2.11. The first-order valence-electron chi connectivity index (χ1n) is 5.29. The van der Waals surface area contributed by atoms with Gasteiger partial charge in [-0.2, -0.15) is 5.10 Å². The minimum absolute atomic E-state index is 0.0718. The predicted molar refractivity (Wildman–Crippen MR) is 64.3 cm³/mol. The van der Waals surface area contributed by atoms with Gasteiger partial charge in [-0.3, -0.25) is 0 Å².